The summed E-state index contributed by atoms with van der Waals surface area (Å²) in [7, 11) is 0. The van der Waals surface area contributed by atoms with Crippen molar-refractivity contribution >= 4 is 21.9 Å². The van der Waals surface area contributed by atoms with E-state index in [1.165, 1.54) is 0 Å². The van der Waals surface area contributed by atoms with Crippen molar-refractivity contribution in [1.29, 1.82) is 0 Å². The number of benzene rings is 1. The Balaban J connectivity index is 2.84. The van der Waals surface area contributed by atoms with E-state index in [1.54, 1.807) is 6.07 Å². The topological polar surface area (TPSA) is 46.5 Å². The molecule has 0 bridgehead atoms. The summed E-state index contributed by atoms with van der Waals surface area (Å²) in [6.07, 6.45) is 0.869. The van der Waals surface area contributed by atoms with Crippen molar-refractivity contribution in [3.05, 3.63) is 28.2 Å². The molecule has 0 unspecified atom stereocenters. The largest absolute Gasteiger partial charge is 0.482 e. The highest BCUT2D eigenvalue weighted by Crippen LogP contribution is 2.25. The van der Waals surface area contributed by atoms with Gasteiger partial charge in [-0.1, -0.05) is 29.8 Å². The molecule has 88 valence electrons. The molecule has 0 radical (unpaired) electrons. The van der Waals surface area contributed by atoms with Crippen molar-refractivity contribution < 1.29 is 14.6 Å². The molecular formula is C12H15BrO3. The molecule has 0 amide bonds. The number of carbonyl (C=O) groups is 1. The van der Waals surface area contributed by atoms with Gasteiger partial charge < -0.3 is 9.84 Å². The lowest BCUT2D eigenvalue weighted by molar-refractivity contribution is -0.139. The number of carboxylic acids is 1. The fourth-order valence-electron chi connectivity index (χ4n) is 1.43. The van der Waals surface area contributed by atoms with Crippen molar-refractivity contribution in [2.45, 2.75) is 20.3 Å². The van der Waals surface area contributed by atoms with Gasteiger partial charge in [0.05, 0.1) is 0 Å². The second-order valence-electron chi connectivity index (χ2n) is 4.03. The molecule has 0 spiro atoms. The van der Waals surface area contributed by atoms with Crippen LogP contribution in [0, 0.1) is 5.92 Å². The number of hydrogen-bond donors (Lipinski definition) is 1. The number of halogens is 1. The molecule has 16 heavy (non-hydrogen) atoms. The van der Waals surface area contributed by atoms with Crippen LogP contribution in [-0.4, -0.2) is 17.7 Å². The van der Waals surface area contributed by atoms with Gasteiger partial charge in [0.1, 0.15) is 5.75 Å². The maximum absolute atomic E-state index is 10.4. The molecule has 0 saturated heterocycles. The molecule has 0 aliphatic heterocycles. The van der Waals surface area contributed by atoms with Gasteiger partial charge in [0.25, 0.3) is 0 Å². The number of aliphatic carboxylic acids is 1. The highest BCUT2D eigenvalue weighted by Gasteiger charge is 2.08. The van der Waals surface area contributed by atoms with E-state index in [4.69, 9.17) is 9.84 Å². The van der Waals surface area contributed by atoms with Crippen molar-refractivity contribution in [2.24, 2.45) is 5.92 Å². The molecule has 1 aromatic carbocycles. The van der Waals surface area contributed by atoms with E-state index in [-0.39, 0.29) is 6.61 Å². The lowest BCUT2D eigenvalue weighted by Crippen LogP contribution is -2.11. The maximum atomic E-state index is 10.4. The number of ether oxygens (including phenoxy) is 1. The highest BCUT2D eigenvalue weighted by molar-refractivity contribution is 9.10. The summed E-state index contributed by atoms with van der Waals surface area (Å²) in [6, 6.07) is 5.61. The van der Waals surface area contributed by atoms with Crippen LogP contribution in [0.2, 0.25) is 0 Å². The van der Waals surface area contributed by atoms with Gasteiger partial charge in [-0.25, -0.2) is 4.79 Å². The monoisotopic (exact) mass is 286 g/mol. The van der Waals surface area contributed by atoms with Crippen molar-refractivity contribution in [2.75, 3.05) is 6.61 Å². The van der Waals surface area contributed by atoms with E-state index in [2.05, 4.69) is 29.8 Å². The van der Waals surface area contributed by atoms with Gasteiger partial charge in [-0.2, -0.15) is 0 Å². The van der Waals surface area contributed by atoms with Gasteiger partial charge in [-0.3, -0.25) is 0 Å². The summed E-state index contributed by atoms with van der Waals surface area (Å²) in [4.78, 5) is 10.4. The Morgan fingerprint density at radius 2 is 2.19 bits per heavy atom. The predicted molar refractivity (Wildman–Crippen MR) is 65.8 cm³/mol. The van der Waals surface area contributed by atoms with Crippen LogP contribution in [0.3, 0.4) is 0 Å². The number of carboxylic acid groups (broad SMARTS) is 1. The molecule has 4 heteroatoms. The molecule has 1 N–H and O–H groups in total. The Labute approximate surface area is 104 Å². The Morgan fingerprint density at radius 1 is 1.50 bits per heavy atom. The Kier molecular flexibility index (Phi) is 4.80. The van der Waals surface area contributed by atoms with E-state index in [0.29, 0.717) is 11.7 Å². The fourth-order valence-corrected chi connectivity index (χ4v) is 1.84. The Bertz CT molecular complexity index is 375. The average molecular weight is 287 g/mol. The molecular weight excluding hydrogens is 272 g/mol. The summed E-state index contributed by atoms with van der Waals surface area (Å²) >= 11 is 3.39. The van der Waals surface area contributed by atoms with Crippen LogP contribution in [0.25, 0.3) is 0 Å². The van der Waals surface area contributed by atoms with E-state index >= 15 is 0 Å². The summed E-state index contributed by atoms with van der Waals surface area (Å²) in [5.74, 6) is 0.194. The van der Waals surface area contributed by atoms with Crippen LogP contribution in [0.15, 0.2) is 22.7 Å². The van der Waals surface area contributed by atoms with Crippen LogP contribution in [0.5, 0.6) is 5.75 Å². The molecule has 0 saturated carbocycles. The second-order valence-corrected chi connectivity index (χ2v) is 4.95. The first-order valence-corrected chi connectivity index (χ1v) is 5.91. The van der Waals surface area contributed by atoms with Gasteiger partial charge in [-0.15, -0.1) is 0 Å². The summed E-state index contributed by atoms with van der Waals surface area (Å²) in [6.45, 7) is 3.93. The first-order valence-electron chi connectivity index (χ1n) is 5.12. The predicted octanol–water partition coefficient (Wildman–Crippen LogP) is 3.11. The first-order chi connectivity index (χ1) is 7.49. The summed E-state index contributed by atoms with van der Waals surface area (Å²) in [5, 5.41) is 8.57. The number of rotatable bonds is 5. The van der Waals surface area contributed by atoms with Crippen molar-refractivity contribution in [3.63, 3.8) is 0 Å². The standard InChI is InChI=1S/C12H15BrO3/c1-8(2)5-9-6-10(13)3-4-11(9)16-7-12(14)15/h3-4,6,8H,5,7H2,1-2H3,(H,14,15). The van der Waals surface area contributed by atoms with Crippen LogP contribution < -0.4 is 4.74 Å². The fraction of sp³-hybridized carbons (Fsp3) is 0.417. The molecule has 1 aromatic rings. The zero-order valence-corrected chi connectivity index (χ0v) is 11.0. The van der Waals surface area contributed by atoms with Gasteiger partial charge >= 0.3 is 5.97 Å². The van der Waals surface area contributed by atoms with E-state index in [0.717, 1.165) is 16.5 Å². The average Bonchev–Trinajstić information content (AvgIpc) is 2.15. The summed E-state index contributed by atoms with van der Waals surface area (Å²) in [5.41, 5.74) is 1.03. The minimum atomic E-state index is -0.960. The Hall–Kier alpha value is -1.03. The smallest absolute Gasteiger partial charge is 0.341 e. The summed E-state index contributed by atoms with van der Waals surface area (Å²) < 4.78 is 6.21. The second kappa shape index (κ2) is 5.89. The molecule has 3 nitrogen and oxygen atoms in total. The SMILES string of the molecule is CC(C)Cc1cc(Br)ccc1OCC(=O)O. The molecule has 0 fully saturated rings. The molecule has 0 atom stereocenters. The minimum absolute atomic E-state index is 0.299. The van der Waals surface area contributed by atoms with Crippen LogP contribution >= 0.6 is 15.9 Å². The maximum Gasteiger partial charge on any atom is 0.341 e. The third kappa shape index (κ3) is 4.23. The lowest BCUT2D eigenvalue weighted by Gasteiger charge is -2.12. The molecule has 0 aliphatic carbocycles. The van der Waals surface area contributed by atoms with Crippen molar-refractivity contribution in [1.82, 2.24) is 0 Å². The third-order valence-electron chi connectivity index (χ3n) is 2.00. The normalized spacial score (nSPS) is 10.5. The van der Waals surface area contributed by atoms with Crippen LogP contribution in [0.1, 0.15) is 19.4 Å². The van der Waals surface area contributed by atoms with Gasteiger partial charge in [0.2, 0.25) is 0 Å². The molecule has 1 rings (SSSR count). The van der Waals surface area contributed by atoms with Crippen molar-refractivity contribution in [3.8, 4) is 5.75 Å². The van der Waals surface area contributed by atoms with E-state index < -0.39 is 5.97 Å². The number of hydrogen-bond acceptors (Lipinski definition) is 2. The van der Waals surface area contributed by atoms with E-state index in [9.17, 15) is 4.79 Å². The quantitative estimate of drug-likeness (QED) is 0.905. The Morgan fingerprint density at radius 3 is 2.75 bits per heavy atom. The highest BCUT2D eigenvalue weighted by atomic mass is 79.9. The lowest BCUT2D eigenvalue weighted by atomic mass is 10.0. The zero-order valence-electron chi connectivity index (χ0n) is 9.37. The zero-order chi connectivity index (χ0) is 12.1. The van der Waals surface area contributed by atoms with Crippen LogP contribution in [0.4, 0.5) is 0 Å². The molecule has 0 heterocycles. The van der Waals surface area contributed by atoms with Gasteiger partial charge in [-0.05, 0) is 36.1 Å². The minimum Gasteiger partial charge on any atom is -0.482 e. The van der Waals surface area contributed by atoms with Crippen LogP contribution in [-0.2, 0) is 11.2 Å². The van der Waals surface area contributed by atoms with Gasteiger partial charge in [0, 0.05) is 4.47 Å². The molecule has 0 aromatic heterocycles. The first kappa shape index (κ1) is 13.0. The molecule has 0 aliphatic rings. The van der Waals surface area contributed by atoms with E-state index in [1.807, 2.05) is 12.1 Å². The van der Waals surface area contributed by atoms with Gasteiger partial charge in [0.15, 0.2) is 6.61 Å². The third-order valence-corrected chi connectivity index (χ3v) is 2.50.